The van der Waals surface area contributed by atoms with Crippen molar-refractivity contribution < 1.29 is 13.5 Å². The predicted molar refractivity (Wildman–Crippen MR) is 73.3 cm³/mol. The van der Waals surface area contributed by atoms with E-state index in [2.05, 4.69) is 21.2 Å². The zero-order chi connectivity index (χ0) is 13.8. The second-order valence-corrected chi connectivity index (χ2v) is 4.79. The first kappa shape index (κ1) is 14.0. The van der Waals surface area contributed by atoms with E-state index in [0.717, 1.165) is 16.1 Å². The van der Waals surface area contributed by atoms with E-state index in [4.69, 9.17) is 4.74 Å². The van der Waals surface area contributed by atoms with Gasteiger partial charge in [0.1, 0.15) is 5.75 Å². The number of halogens is 3. The minimum absolute atomic E-state index is 0.131. The van der Waals surface area contributed by atoms with Crippen molar-refractivity contribution in [3.63, 3.8) is 0 Å². The second kappa shape index (κ2) is 6.12. The smallest absolute Gasteiger partial charge is 0.201 e. The van der Waals surface area contributed by atoms with Crippen LogP contribution in [0.15, 0.2) is 40.9 Å². The van der Waals surface area contributed by atoms with E-state index in [1.54, 1.807) is 12.1 Å². The van der Waals surface area contributed by atoms with Crippen LogP contribution in [0.2, 0.25) is 0 Å². The van der Waals surface area contributed by atoms with Gasteiger partial charge in [-0.2, -0.15) is 4.39 Å². The highest BCUT2D eigenvalue weighted by Gasteiger charge is 2.10. The van der Waals surface area contributed by atoms with E-state index in [-0.39, 0.29) is 5.75 Å². The molecule has 0 fully saturated rings. The lowest BCUT2D eigenvalue weighted by Crippen LogP contribution is -2.05. The van der Waals surface area contributed by atoms with Crippen LogP contribution in [0.25, 0.3) is 0 Å². The quantitative estimate of drug-likeness (QED) is 0.906. The Morgan fingerprint density at radius 3 is 2.68 bits per heavy atom. The van der Waals surface area contributed by atoms with E-state index in [9.17, 15) is 8.78 Å². The van der Waals surface area contributed by atoms with Crippen molar-refractivity contribution in [3.05, 3.63) is 58.1 Å². The largest absolute Gasteiger partial charge is 0.454 e. The standard InChI is InChI=1S/C14H12BrF2NO/c1-18-8-9-5-6-10(7-11(9)15)19-13-4-2-3-12(16)14(13)17/h2-7,18H,8H2,1H3. The molecule has 100 valence electrons. The summed E-state index contributed by atoms with van der Waals surface area (Å²) in [5, 5.41) is 3.03. The zero-order valence-corrected chi connectivity index (χ0v) is 11.8. The molecule has 0 aromatic heterocycles. The van der Waals surface area contributed by atoms with Crippen molar-refractivity contribution in [2.45, 2.75) is 6.54 Å². The summed E-state index contributed by atoms with van der Waals surface area (Å²) in [5.74, 6) is -1.61. The van der Waals surface area contributed by atoms with Crippen molar-refractivity contribution in [2.24, 2.45) is 0 Å². The summed E-state index contributed by atoms with van der Waals surface area (Å²) in [6.45, 7) is 0.704. The molecule has 0 bridgehead atoms. The number of rotatable bonds is 4. The maximum atomic E-state index is 13.5. The van der Waals surface area contributed by atoms with Gasteiger partial charge in [-0.15, -0.1) is 0 Å². The van der Waals surface area contributed by atoms with Gasteiger partial charge in [0.2, 0.25) is 5.82 Å². The summed E-state index contributed by atoms with van der Waals surface area (Å²) in [6.07, 6.45) is 0. The third kappa shape index (κ3) is 3.30. The van der Waals surface area contributed by atoms with Crippen LogP contribution >= 0.6 is 15.9 Å². The molecule has 2 nitrogen and oxygen atoms in total. The fraction of sp³-hybridized carbons (Fsp3) is 0.143. The molecular weight excluding hydrogens is 316 g/mol. The Labute approximate surface area is 118 Å². The minimum atomic E-state index is -0.988. The van der Waals surface area contributed by atoms with E-state index < -0.39 is 11.6 Å². The summed E-state index contributed by atoms with van der Waals surface area (Å²) < 4.78 is 32.7. The Morgan fingerprint density at radius 2 is 2.00 bits per heavy atom. The summed E-state index contributed by atoms with van der Waals surface area (Å²) >= 11 is 3.41. The summed E-state index contributed by atoms with van der Waals surface area (Å²) in [5.41, 5.74) is 1.05. The Balaban J connectivity index is 2.24. The molecular formula is C14H12BrF2NO. The molecule has 0 saturated carbocycles. The van der Waals surface area contributed by atoms with Crippen LogP contribution < -0.4 is 10.1 Å². The Kier molecular flexibility index (Phi) is 4.50. The molecule has 0 radical (unpaired) electrons. The molecule has 1 N–H and O–H groups in total. The highest BCUT2D eigenvalue weighted by Crippen LogP contribution is 2.29. The third-order valence-electron chi connectivity index (χ3n) is 2.54. The Hall–Kier alpha value is -1.46. The maximum Gasteiger partial charge on any atom is 0.201 e. The first-order valence-corrected chi connectivity index (χ1v) is 6.46. The molecule has 0 amide bonds. The summed E-state index contributed by atoms with van der Waals surface area (Å²) in [6, 6.07) is 9.12. The molecule has 0 unspecified atom stereocenters. The second-order valence-electron chi connectivity index (χ2n) is 3.94. The van der Waals surface area contributed by atoms with E-state index in [1.807, 2.05) is 13.1 Å². The van der Waals surface area contributed by atoms with E-state index in [1.165, 1.54) is 12.1 Å². The summed E-state index contributed by atoms with van der Waals surface area (Å²) in [4.78, 5) is 0. The van der Waals surface area contributed by atoms with Gasteiger partial charge in [0, 0.05) is 11.0 Å². The normalized spacial score (nSPS) is 10.5. The van der Waals surface area contributed by atoms with E-state index in [0.29, 0.717) is 12.3 Å². The van der Waals surface area contributed by atoms with Gasteiger partial charge in [0.15, 0.2) is 11.6 Å². The van der Waals surface area contributed by atoms with Crippen molar-refractivity contribution in [1.29, 1.82) is 0 Å². The van der Waals surface area contributed by atoms with Crippen LogP contribution in [0.1, 0.15) is 5.56 Å². The van der Waals surface area contributed by atoms with Crippen LogP contribution in [-0.2, 0) is 6.54 Å². The molecule has 0 atom stereocenters. The summed E-state index contributed by atoms with van der Waals surface area (Å²) in [7, 11) is 1.85. The SMILES string of the molecule is CNCc1ccc(Oc2cccc(F)c2F)cc1Br. The van der Waals surface area contributed by atoms with Crippen LogP contribution in [0.3, 0.4) is 0 Å². The fourth-order valence-corrected chi connectivity index (χ4v) is 2.11. The van der Waals surface area contributed by atoms with Crippen LogP contribution in [0.5, 0.6) is 11.5 Å². The molecule has 0 aliphatic heterocycles. The van der Waals surface area contributed by atoms with Crippen molar-refractivity contribution in [2.75, 3.05) is 7.05 Å². The highest BCUT2D eigenvalue weighted by molar-refractivity contribution is 9.10. The van der Waals surface area contributed by atoms with Gasteiger partial charge in [-0.25, -0.2) is 4.39 Å². The molecule has 19 heavy (non-hydrogen) atoms. The van der Waals surface area contributed by atoms with Gasteiger partial charge in [-0.1, -0.05) is 28.1 Å². The number of ether oxygens (including phenoxy) is 1. The lowest BCUT2D eigenvalue weighted by molar-refractivity contribution is 0.416. The van der Waals surface area contributed by atoms with Crippen LogP contribution in [0, 0.1) is 11.6 Å². The molecule has 0 saturated heterocycles. The van der Waals surface area contributed by atoms with Crippen molar-refractivity contribution in [1.82, 2.24) is 5.32 Å². The molecule has 2 aromatic carbocycles. The van der Waals surface area contributed by atoms with Gasteiger partial charge in [-0.05, 0) is 36.9 Å². The first-order chi connectivity index (χ1) is 9.11. The average Bonchev–Trinajstić information content (AvgIpc) is 2.38. The molecule has 0 aliphatic carbocycles. The number of hydrogen-bond donors (Lipinski definition) is 1. The van der Waals surface area contributed by atoms with Gasteiger partial charge in [0.25, 0.3) is 0 Å². The topological polar surface area (TPSA) is 21.3 Å². The molecule has 2 aromatic rings. The molecule has 5 heteroatoms. The monoisotopic (exact) mass is 327 g/mol. The number of nitrogens with one attached hydrogen (secondary N) is 1. The van der Waals surface area contributed by atoms with Gasteiger partial charge in [-0.3, -0.25) is 0 Å². The highest BCUT2D eigenvalue weighted by atomic mass is 79.9. The average molecular weight is 328 g/mol. The first-order valence-electron chi connectivity index (χ1n) is 5.66. The fourth-order valence-electron chi connectivity index (χ4n) is 1.62. The predicted octanol–water partition coefficient (Wildman–Crippen LogP) is 4.24. The lowest BCUT2D eigenvalue weighted by Gasteiger charge is -2.09. The molecule has 2 rings (SSSR count). The maximum absolute atomic E-state index is 13.5. The van der Waals surface area contributed by atoms with Crippen molar-refractivity contribution in [3.8, 4) is 11.5 Å². The third-order valence-corrected chi connectivity index (χ3v) is 3.27. The molecule has 0 spiro atoms. The minimum Gasteiger partial charge on any atom is -0.454 e. The van der Waals surface area contributed by atoms with Gasteiger partial charge >= 0.3 is 0 Å². The van der Waals surface area contributed by atoms with E-state index >= 15 is 0 Å². The Bertz CT molecular complexity index is 590. The number of hydrogen-bond acceptors (Lipinski definition) is 2. The van der Waals surface area contributed by atoms with Crippen LogP contribution in [0.4, 0.5) is 8.78 Å². The lowest BCUT2D eigenvalue weighted by atomic mass is 10.2. The molecule has 0 aliphatic rings. The Morgan fingerprint density at radius 1 is 1.21 bits per heavy atom. The zero-order valence-electron chi connectivity index (χ0n) is 10.2. The van der Waals surface area contributed by atoms with Crippen LogP contribution in [-0.4, -0.2) is 7.05 Å². The van der Waals surface area contributed by atoms with Gasteiger partial charge < -0.3 is 10.1 Å². The molecule has 0 heterocycles. The van der Waals surface area contributed by atoms with Crippen molar-refractivity contribution >= 4 is 15.9 Å². The number of benzene rings is 2. The van der Waals surface area contributed by atoms with Gasteiger partial charge in [0.05, 0.1) is 0 Å².